The van der Waals surface area contributed by atoms with Crippen LogP contribution in [0.25, 0.3) is 0 Å². The molecule has 1 aromatic carbocycles. The first-order valence-corrected chi connectivity index (χ1v) is 8.81. The van der Waals surface area contributed by atoms with Gasteiger partial charge in [0.2, 0.25) is 0 Å². The Kier molecular flexibility index (Phi) is 11.3. The van der Waals surface area contributed by atoms with E-state index in [1.807, 2.05) is 41.6 Å². The van der Waals surface area contributed by atoms with Crippen LogP contribution in [0.15, 0.2) is 29.3 Å². The molecule has 0 atom stereocenters. The summed E-state index contributed by atoms with van der Waals surface area (Å²) >= 11 is 2.02. The standard InChI is InChI=1S/C10H15.C8H8N.ClH.Rh/c1-6-7(2)9(4)10(5)8(6)3;1-9-7-8-5-3-2-4-6-8;;/h1-5H3;2-5,7H,1H3;1H;/q;-1;;+3/p-1. The zero-order valence-electron chi connectivity index (χ0n) is 13.5. The van der Waals surface area contributed by atoms with Gasteiger partial charge >= 0.3 is 27.0 Å². The monoisotopic (exact) mass is 391 g/mol. The van der Waals surface area contributed by atoms with Crippen LogP contribution in [0.2, 0.25) is 0 Å². The first kappa shape index (κ1) is 20.8. The molecule has 0 aromatic heterocycles. The Labute approximate surface area is 145 Å². The number of benzene rings is 1. The molecular weight excluding hydrogens is 369 g/mol. The van der Waals surface area contributed by atoms with E-state index < -0.39 is 0 Å². The zero-order chi connectivity index (χ0) is 16.4. The van der Waals surface area contributed by atoms with Gasteiger partial charge in [0.1, 0.15) is 0 Å². The van der Waals surface area contributed by atoms with Crippen molar-refractivity contribution in [1.82, 2.24) is 0 Å². The maximum absolute atomic E-state index is 4.53. The fourth-order valence-corrected chi connectivity index (χ4v) is 2.03. The minimum atomic E-state index is 1.03. The minimum absolute atomic E-state index is 1.03. The van der Waals surface area contributed by atoms with Crippen molar-refractivity contribution in [1.29, 1.82) is 0 Å². The second-order valence-corrected chi connectivity index (χ2v) is 4.83. The van der Waals surface area contributed by atoms with Crippen LogP contribution >= 0.6 is 9.69 Å². The molecular formula is C18H23ClNRh+. The zero-order valence-corrected chi connectivity index (χ0v) is 15.9. The van der Waals surface area contributed by atoms with E-state index in [9.17, 15) is 0 Å². The van der Waals surface area contributed by atoms with Crippen LogP contribution < -0.4 is 0 Å². The molecule has 0 aliphatic heterocycles. The molecule has 2 rings (SSSR count). The third-order valence-corrected chi connectivity index (χ3v) is 3.81. The number of halogens is 1. The fourth-order valence-electron chi connectivity index (χ4n) is 2.03. The number of aliphatic imine (C=N–C) groups is 1. The molecule has 5 radical (unpaired) electrons. The SMILES string of the molecule is CN=Cc1[c-]cccc1.C[C]1[C](C)[C](C)[C](C)[C]1C.[Cl][Rh+2]. The molecule has 1 fully saturated rings. The van der Waals surface area contributed by atoms with Crippen LogP contribution in [0.5, 0.6) is 0 Å². The molecule has 1 aliphatic rings. The van der Waals surface area contributed by atoms with E-state index >= 15 is 0 Å². The van der Waals surface area contributed by atoms with E-state index in [1.165, 1.54) is 29.6 Å². The third-order valence-electron chi connectivity index (χ3n) is 3.81. The summed E-state index contributed by atoms with van der Waals surface area (Å²) < 4.78 is 0. The van der Waals surface area contributed by atoms with E-state index in [0.717, 1.165) is 5.56 Å². The summed E-state index contributed by atoms with van der Waals surface area (Å²) in [5, 5.41) is 0. The second kappa shape index (κ2) is 11.4. The van der Waals surface area contributed by atoms with Gasteiger partial charge in [0.25, 0.3) is 0 Å². The van der Waals surface area contributed by atoms with Crippen LogP contribution in [0.1, 0.15) is 40.2 Å². The van der Waals surface area contributed by atoms with E-state index in [0.29, 0.717) is 0 Å². The number of hydrogen-bond acceptors (Lipinski definition) is 1. The van der Waals surface area contributed by atoms with Crippen molar-refractivity contribution in [2.75, 3.05) is 7.05 Å². The van der Waals surface area contributed by atoms with Gasteiger partial charge in [0.05, 0.1) is 0 Å². The molecule has 21 heavy (non-hydrogen) atoms. The Hall–Kier alpha value is -0.197. The second-order valence-electron chi connectivity index (χ2n) is 4.83. The van der Waals surface area contributed by atoms with Crippen LogP contribution in [0.3, 0.4) is 0 Å². The average molecular weight is 392 g/mol. The summed E-state index contributed by atoms with van der Waals surface area (Å²) in [5.74, 6) is 7.34. The van der Waals surface area contributed by atoms with E-state index in [1.54, 1.807) is 13.3 Å². The number of hydrogen-bond donors (Lipinski definition) is 0. The molecule has 0 saturated heterocycles. The predicted molar refractivity (Wildman–Crippen MR) is 89.2 cm³/mol. The van der Waals surface area contributed by atoms with Crippen molar-refractivity contribution in [2.24, 2.45) is 4.99 Å². The van der Waals surface area contributed by atoms with Crippen molar-refractivity contribution in [2.45, 2.75) is 34.6 Å². The Morgan fingerprint density at radius 2 is 1.33 bits per heavy atom. The maximum atomic E-state index is 4.53. The average Bonchev–Trinajstić information content (AvgIpc) is 2.69. The number of nitrogens with zero attached hydrogens (tertiary/aromatic N) is 1. The molecule has 0 amide bonds. The number of rotatable bonds is 1. The fraction of sp³-hybridized carbons (Fsp3) is 0.333. The van der Waals surface area contributed by atoms with Crippen LogP contribution in [-0.4, -0.2) is 13.3 Å². The van der Waals surface area contributed by atoms with Crippen molar-refractivity contribution >= 4 is 15.9 Å². The molecule has 1 saturated carbocycles. The quantitative estimate of drug-likeness (QED) is 0.355. The molecule has 1 aliphatic carbocycles. The summed E-state index contributed by atoms with van der Waals surface area (Å²) in [7, 11) is 6.28. The van der Waals surface area contributed by atoms with Gasteiger partial charge in [-0.15, -0.1) is 35.9 Å². The molecule has 0 spiro atoms. The molecule has 0 N–H and O–H groups in total. The molecule has 1 nitrogen and oxygen atoms in total. The van der Waals surface area contributed by atoms with Gasteiger partial charge in [-0.3, -0.25) is 0 Å². The van der Waals surface area contributed by atoms with Gasteiger partial charge in [-0.05, 0) is 29.6 Å². The van der Waals surface area contributed by atoms with Gasteiger partial charge < -0.3 is 4.99 Å². The molecule has 3 heteroatoms. The van der Waals surface area contributed by atoms with Gasteiger partial charge in [-0.1, -0.05) is 40.8 Å². The van der Waals surface area contributed by atoms with E-state index in [4.69, 9.17) is 0 Å². The molecule has 1 aromatic rings. The van der Waals surface area contributed by atoms with Crippen LogP contribution in [-0.2, 0) is 17.3 Å². The first-order valence-electron chi connectivity index (χ1n) is 6.70. The molecule has 0 unspecified atom stereocenters. The van der Waals surface area contributed by atoms with Crippen LogP contribution in [0, 0.1) is 35.7 Å². The third kappa shape index (κ3) is 6.62. The Balaban J connectivity index is 0.000000342. The molecule has 0 bridgehead atoms. The Morgan fingerprint density at radius 1 is 0.905 bits per heavy atom. The topological polar surface area (TPSA) is 12.4 Å². The van der Waals surface area contributed by atoms with E-state index in [-0.39, 0.29) is 0 Å². The molecule has 115 valence electrons. The van der Waals surface area contributed by atoms with E-state index in [2.05, 4.69) is 55.4 Å². The van der Waals surface area contributed by atoms with Crippen molar-refractivity contribution in [3.8, 4) is 0 Å². The first-order chi connectivity index (χ1) is 9.99. The van der Waals surface area contributed by atoms with Gasteiger partial charge in [0, 0.05) is 7.05 Å². The van der Waals surface area contributed by atoms with Crippen molar-refractivity contribution in [3.05, 3.63) is 65.5 Å². The van der Waals surface area contributed by atoms with Crippen LogP contribution in [0.4, 0.5) is 0 Å². The summed E-state index contributed by atoms with van der Waals surface area (Å²) in [5.41, 5.74) is 1.03. The summed E-state index contributed by atoms with van der Waals surface area (Å²) in [4.78, 5) is 3.85. The van der Waals surface area contributed by atoms with Crippen molar-refractivity contribution in [3.63, 3.8) is 0 Å². The summed E-state index contributed by atoms with van der Waals surface area (Å²) in [6.07, 6.45) is 1.78. The van der Waals surface area contributed by atoms with Gasteiger partial charge in [0.15, 0.2) is 0 Å². The normalized spacial score (nSPS) is 18.3. The van der Waals surface area contributed by atoms with Gasteiger partial charge in [-0.25, -0.2) is 0 Å². The molecule has 0 heterocycles. The predicted octanol–water partition coefficient (Wildman–Crippen LogP) is 5.19. The van der Waals surface area contributed by atoms with Crippen molar-refractivity contribution < 1.29 is 17.3 Å². The van der Waals surface area contributed by atoms with Gasteiger partial charge in [-0.2, -0.15) is 0 Å². The Bertz CT molecular complexity index is 349. The summed E-state index contributed by atoms with van der Waals surface area (Å²) in [6.45, 7) is 11.0. The summed E-state index contributed by atoms with van der Waals surface area (Å²) in [6, 6.07) is 10.8. The Morgan fingerprint density at radius 3 is 1.62 bits per heavy atom.